The molecule has 5 nitrogen and oxygen atoms in total. The molecule has 2 amide bonds. The molecule has 1 aliphatic rings. The van der Waals surface area contributed by atoms with E-state index >= 15 is 0 Å². The molecule has 5 heteroatoms. The lowest BCUT2D eigenvalue weighted by molar-refractivity contribution is -0.139. The molecular weight excluding hydrogens is 244 g/mol. The van der Waals surface area contributed by atoms with E-state index in [2.05, 4.69) is 0 Å². The summed E-state index contributed by atoms with van der Waals surface area (Å²) in [5, 5.41) is 0. The van der Waals surface area contributed by atoms with E-state index in [9.17, 15) is 9.59 Å². The zero-order chi connectivity index (χ0) is 14.0. The maximum atomic E-state index is 11.9. The lowest BCUT2D eigenvalue weighted by Gasteiger charge is -2.17. The third-order valence-electron chi connectivity index (χ3n) is 3.18. The highest BCUT2D eigenvalue weighted by Gasteiger charge is 2.35. The lowest BCUT2D eigenvalue weighted by atomic mass is 10.1. The summed E-state index contributed by atoms with van der Waals surface area (Å²) >= 11 is 0. The van der Waals surface area contributed by atoms with Gasteiger partial charge in [0.25, 0.3) is 0 Å². The molecular formula is C14H18N2O3. The molecule has 0 bridgehead atoms. The van der Waals surface area contributed by atoms with Crippen molar-refractivity contribution in [2.45, 2.75) is 26.8 Å². The molecule has 19 heavy (non-hydrogen) atoms. The van der Waals surface area contributed by atoms with E-state index in [1.807, 2.05) is 6.92 Å². The van der Waals surface area contributed by atoms with Crippen LogP contribution in [0.4, 0.5) is 5.69 Å². The van der Waals surface area contributed by atoms with E-state index in [0.29, 0.717) is 18.0 Å². The topological polar surface area (TPSA) is 72.6 Å². The summed E-state index contributed by atoms with van der Waals surface area (Å²) in [5.74, 6) is 0.165. The number of carbonyl (C=O) groups excluding carboxylic acids is 2. The fraction of sp³-hybridized carbons (Fsp3) is 0.429. The Morgan fingerprint density at radius 3 is 2.74 bits per heavy atom. The summed E-state index contributed by atoms with van der Waals surface area (Å²) < 4.78 is 5.49. The minimum Gasteiger partial charge on any atom is -0.494 e. The summed E-state index contributed by atoms with van der Waals surface area (Å²) in [4.78, 5) is 25.0. The molecule has 0 aliphatic carbocycles. The Balaban J connectivity index is 2.25. The maximum absolute atomic E-state index is 11.9. The van der Waals surface area contributed by atoms with Gasteiger partial charge in [-0.2, -0.15) is 0 Å². The smallest absolute Gasteiger partial charge is 0.232 e. The Hall–Kier alpha value is -2.04. The number of ether oxygens (including phenoxy) is 1. The number of benzene rings is 1. The summed E-state index contributed by atoms with van der Waals surface area (Å²) in [7, 11) is 0. The number of carbonyl (C=O) groups is 2. The normalized spacial score (nSPS) is 19.1. The predicted octanol–water partition coefficient (Wildman–Crippen LogP) is 1.56. The van der Waals surface area contributed by atoms with Gasteiger partial charge < -0.3 is 10.5 Å². The average molecular weight is 262 g/mol. The third-order valence-corrected chi connectivity index (χ3v) is 3.18. The second kappa shape index (κ2) is 5.30. The van der Waals surface area contributed by atoms with Crippen molar-refractivity contribution in [1.29, 1.82) is 0 Å². The fourth-order valence-electron chi connectivity index (χ4n) is 2.20. The molecule has 0 radical (unpaired) electrons. The van der Waals surface area contributed by atoms with E-state index in [0.717, 1.165) is 5.56 Å². The van der Waals surface area contributed by atoms with E-state index < -0.39 is 0 Å². The van der Waals surface area contributed by atoms with Crippen LogP contribution in [0.1, 0.15) is 25.8 Å². The van der Waals surface area contributed by atoms with Crippen LogP contribution >= 0.6 is 0 Å². The Morgan fingerprint density at radius 2 is 2.16 bits per heavy atom. The maximum Gasteiger partial charge on any atom is 0.232 e. The van der Waals surface area contributed by atoms with Crippen LogP contribution < -0.4 is 10.5 Å². The molecule has 1 aromatic carbocycles. The summed E-state index contributed by atoms with van der Waals surface area (Å²) in [6.45, 7) is 4.40. The molecule has 0 spiro atoms. The van der Waals surface area contributed by atoms with Gasteiger partial charge in [-0.3, -0.25) is 14.5 Å². The minimum atomic E-state index is -0.232. The lowest BCUT2D eigenvalue weighted by Crippen LogP contribution is -2.29. The van der Waals surface area contributed by atoms with Gasteiger partial charge in [-0.15, -0.1) is 0 Å². The summed E-state index contributed by atoms with van der Waals surface area (Å²) in [5.41, 5.74) is 7.10. The number of hydrogen-bond acceptors (Lipinski definition) is 4. The van der Waals surface area contributed by atoms with Crippen molar-refractivity contribution in [3.63, 3.8) is 0 Å². The van der Waals surface area contributed by atoms with Crippen molar-refractivity contribution in [3.05, 3.63) is 23.8 Å². The number of imide groups is 1. The molecule has 1 aliphatic heterocycles. The van der Waals surface area contributed by atoms with Crippen LogP contribution in [0.3, 0.4) is 0 Å². The second-order valence-electron chi connectivity index (χ2n) is 4.72. The van der Waals surface area contributed by atoms with Crippen molar-refractivity contribution in [2.24, 2.45) is 5.92 Å². The van der Waals surface area contributed by atoms with E-state index in [-0.39, 0.29) is 30.7 Å². The van der Waals surface area contributed by atoms with Crippen molar-refractivity contribution in [3.8, 4) is 5.75 Å². The van der Waals surface area contributed by atoms with Crippen molar-refractivity contribution in [2.75, 3.05) is 12.3 Å². The zero-order valence-electron chi connectivity index (χ0n) is 11.2. The average Bonchev–Trinajstić information content (AvgIpc) is 2.59. The monoisotopic (exact) mass is 262 g/mol. The highest BCUT2D eigenvalue weighted by molar-refractivity contribution is 6.03. The molecule has 0 aromatic heterocycles. The Bertz CT molecular complexity index is 513. The van der Waals surface area contributed by atoms with Crippen molar-refractivity contribution >= 4 is 17.5 Å². The summed E-state index contributed by atoms with van der Waals surface area (Å²) in [6, 6.07) is 5.25. The van der Waals surface area contributed by atoms with E-state index in [1.54, 1.807) is 25.1 Å². The molecule has 2 N–H and O–H groups in total. The molecule has 1 atom stereocenters. The molecule has 1 saturated heterocycles. The number of anilines is 1. The number of amides is 2. The quantitative estimate of drug-likeness (QED) is 0.660. The summed E-state index contributed by atoms with van der Waals surface area (Å²) in [6.07, 6.45) is 0.283. The van der Waals surface area contributed by atoms with Crippen molar-refractivity contribution in [1.82, 2.24) is 4.90 Å². The molecule has 1 unspecified atom stereocenters. The van der Waals surface area contributed by atoms with Crippen LogP contribution in [0.15, 0.2) is 18.2 Å². The molecule has 1 fully saturated rings. The first-order chi connectivity index (χ1) is 9.02. The van der Waals surface area contributed by atoms with Crippen LogP contribution in [0.25, 0.3) is 0 Å². The zero-order valence-corrected chi connectivity index (χ0v) is 11.2. The van der Waals surface area contributed by atoms with Gasteiger partial charge in [-0.25, -0.2) is 0 Å². The van der Waals surface area contributed by atoms with Gasteiger partial charge in [0, 0.05) is 23.6 Å². The van der Waals surface area contributed by atoms with Gasteiger partial charge in [0.05, 0.1) is 13.2 Å². The standard InChI is InChI=1S/C14H18N2O3/c1-3-19-12-5-4-11(15)7-10(12)8-16-13(17)6-9(2)14(16)18/h4-5,7,9H,3,6,8,15H2,1-2H3. The van der Waals surface area contributed by atoms with Gasteiger partial charge in [0.2, 0.25) is 11.8 Å². The van der Waals surface area contributed by atoms with Crippen molar-refractivity contribution < 1.29 is 14.3 Å². The minimum absolute atomic E-state index is 0.130. The number of nitrogens with zero attached hydrogens (tertiary/aromatic N) is 1. The number of nitrogens with two attached hydrogens (primary N) is 1. The van der Waals surface area contributed by atoms with Crippen LogP contribution in [-0.4, -0.2) is 23.3 Å². The third kappa shape index (κ3) is 2.70. The largest absolute Gasteiger partial charge is 0.494 e. The van der Waals surface area contributed by atoms with Gasteiger partial charge in [-0.05, 0) is 25.1 Å². The van der Waals surface area contributed by atoms with E-state index in [4.69, 9.17) is 10.5 Å². The molecule has 0 saturated carbocycles. The second-order valence-corrected chi connectivity index (χ2v) is 4.72. The Labute approximate surface area is 112 Å². The Kier molecular flexibility index (Phi) is 3.74. The Morgan fingerprint density at radius 1 is 1.42 bits per heavy atom. The number of hydrogen-bond donors (Lipinski definition) is 1. The molecule has 1 heterocycles. The molecule has 2 rings (SSSR count). The van der Waals surface area contributed by atoms with Gasteiger partial charge in [0.15, 0.2) is 0 Å². The van der Waals surface area contributed by atoms with Gasteiger partial charge >= 0.3 is 0 Å². The van der Waals surface area contributed by atoms with Crippen LogP contribution in [-0.2, 0) is 16.1 Å². The molecule has 102 valence electrons. The first kappa shape index (κ1) is 13.4. The highest BCUT2D eigenvalue weighted by atomic mass is 16.5. The van der Waals surface area contributed by atoms with Gasteiger partial charge in [0.1, 0.15) is 5.75 Å². The first-order valence-electron chi connectivity index (χ1n) is 6.38. The SMILES string of the molecule is CCOc1ccc(N)cc1CN1C(=O)CC(C)C1=O. The number of likely N-dealkylation sites (tertiary alicyclic amines) is 1. The van der Waals surface area contributed by atoms with Gasteiger partial charge in [-0.1, -0.05) is 6.92 Å². The van der Waals surface area contributed by atoms with Crippen LogP contribution in [0.5, 0.6) is 5.75 Å². The number of rotatable bonds is 4. The number of nitrogen functional groups attached to an aromatic ring is 1. The van der Waals surface area contributed by atoms with E-state index in [1.165, 1.54) is 4.90 Å². The van der Waals surface area contributed by atoms with Crippen LogP contribution in [0.2, 0.25) is 0 Å². The molecule has 1 aromatic rings. The first-order valence-corrected chi connectivity index (χ1v) is 6.38. The predicted molar refractivity (Wildman–Crippen MR) is 71.4 cm³/mol. The fourth-order valence-corrected chi connectivity index (χ4v) is 2.20. The highest BCUT2D eigenvalue weighted by Crippen LogP contribution is 2.27. The van der Waals surface area contributed by atoms with Crippen LogP contribution in [0, 0.1) is 5.92 Å².